The van der Waals surface area contributed by atoms with Crippen molar-refractivity contribution >= 4 is 9.47 Å². The highest BCUT2D eigenvalue weighted by atomic mass is 31.0. The molecule has 13 heavy (non-hydrogen) atoms. The Labute approximate surface area is 81.5 Å². The van der Waals surface area contributed by atoms with Crippen LogP contribution >= 0.6 is 9.47 Å². The van der Waals surface area contributed by atoms with E-state index in [2.05, 4.69) is 21.6 Å². The van der Waals surface area contributed by atoms with E-state index in [4.69, 9.17) is 9.26 Å². The molecule has 2 unspecified atom stereocenters. The van der Waals surface area contributed by atoms with Crippen molar-refractivity contribution in [2.75, 3.05) is 7.11 Å². The molecule has 0 amide bonds. The third kappa shape index (κ3) is 2.77. The van der Waals surface area contributed by atoms with E-state index in [1.54, 1.807) is 7.11 Å². The van der Waals surface area contributed by atoms with Crippen LogP contribution in [-0.2, 0) is 15.9 Å². The second-order valence-corrected chi connectivity index (χ2v) is 3.22. The maximum absolute atomic E-state index is 5.26. The van der Waals surface area contributed by atoms with E-state index < -0.39 is 0 Å². The van der Waals surface area contributed by atoms with Crippen molar-refractivity contribution in [1.82, 2.24) is 0 Å². The summed E-state index contributed by atoms with van der Waals surface area (Å²) in [5, 5.41) is 0. The van der Waals surface area contributed by atoms with Gasteiger partial charge >= 0.3 is 0 Å². The molecule has 0 heterocycles. The summed E-state index contributed by atoms with van der Waals surface area (Å²) in [6.45, 7) is 2.64. The molecule has 0 aromatic heterocycles. The number of methoxy groups -OCH3 is 1. The highest BCUT2D eigenvalue weighted by Crippen LogP contribution is 2.21. The zero-order valence-corrected chi connectivity index (χ0v) is 9.14. The largest absolute Gasteiger partial charge is 0.377 e. The van der Waals surface area contributed by atoms with Crippen LogP contribution in [-0.4, -0.2) is 7.11 Å². The summed E-state index contributed by atoms with van der Waals surface area (Å²) in [6, 6.07) is 8.13. The summed E-state index contributed by atoms with van der Waals surface area (Å²) in [5.74, 6) is 0. The van der Waals surface area contributed by atoms with Gasteiger partial charge in [0.25, 0.3) is 0 Å². The molecule has 0 aliphatic heterocycles. The van der Waals surface area contributed by atoms with Crippen LogP contribution in [0.15, 0.2) is 24.3 Å². The fraction of sp³-hybridized carbons (Fsp3) is 0.400. The molecular weight excluding hydrogens is 183 g/mol. The number of hydrogen-bond donors (Lipinski definition) is 0. The summed E-state index contributed by atoms with van der Waals surface area (Å²) in [6.07, 6.45) is 0.122. The van der Waals surface area contributed by atoms with Crippen LogP contribution in [0.1, 0.15) is 24.2 Å². The monoisotopic (exact) mass is 198 g/mol. The Kier molecular flexibility index (Phi) is 4.37. The lowest BCUT2D eigenvalue weighted by Gasteiger charge is -2.14. The highest BCUT2D eigenvalue weighted by molar-refractivity contribution is 7.09. The second-order valence-electron chi connectivity index (χ2n) is 2.89. The van der Waals surface area contributed by atoms with Crippen LogP contribution in [0.5, 0.6) is 0 Å². The molecule has 1 aromatic rings. The molecule has 0 N–H and O–H groups in total. The summed E-state index contributed by atoms with van der Waals surface area (Å²) < 4.78 is 10.3. The predicted octanol–water partition coefficient (Wildman–Crippen LogP) is 2.70. The van der Waals surface area contributed by atoms with E-state index in [9.17, 15) is 0 Å². The normalized spacial score (nSPS) is 12.8. The van der Waals surface area contributed by atoms with Gasteiger partial charge in [-0.1, -0.05) is 24.3 Å². The maximum Gasteiger partial charge on any atom is 0.0796 e. The molecule has 3 heteroatoms. The first-order valence-electron chi connectivity index (χ1n) is 4.22. The minimum Gasteiger partial charge on any atom is -0.377 e. The van der Waals surface area contributed by atoms with Gasteiger partial charge in [0.15, 0.2) is 0 Å². The standard InChI is InChI=1S/C10H15O2P/c1-8(11-2)10-6-4-3-5-9(10)7-12-13/h3-6,8H,7,13H2,1-2H3. The molecule has 0 bridgehead atoms. The summed E-state index contributed by atoms with van der Waals surface area (Å²) in [4.78, 5) is 0. The van der Waals surface area contributed by atoms with E-state index in [0.717, 1.165) is 0 Å². The van der Waals surface area contributed by atoms with Gasteiger partial charge in [0, 0.05) is 16.6 Å². The molecule has 1 aromatic carbocycles. The van der Waals surface area contributed by atoms with E-state index in [1.807, 2.05) is 19.1 Å². The first-order chi connectivity index (χ1) is 6.29. The lowest BCUT2D eigenvalue weighted by Crippen LogP contribution is -2.00. The number of rotatable bonds is 4. The van der Waals surface area contributed by atoms with Crippen molar-refractivity contribution in [3.63, 3.8) is 0 Å². The number of ether oxygens (including phenoxy) is 1. The zero-order chi connectivity index (χ0) is 9.68. The van der Waals surface area contributed by atoms with Gasteiger partial charge in [-0.15, -0.1) is 0 Å². The minimum absolute atomic E-state index is 0.122. The van der Waals surface area contributed by atoms with Crippen molar-refractivity contribution < 1.29 is 9.26 Å². The Morgan fingerprint density at radius 2 is 2.08 bits per heavy atom. The topological polar surface area (TPSA) is 18.5 Å². The third-order valence-electron chi connectivity index (χ3n) is 2.09. The molecule has 0 aliphatic rings. The molecule has 0 fully saturated rings. The van der Waals surface area contributed by atoms with Crippen LogP contribution in [0, 0.1) is 0 Å². The van der Waals surface area contributed by atoms with Crippen LogP contribution in [0.3, 0.4) is 0 Å². The lowest BCUT2D eigenvalue weighted by atomic mass is 10.0. The van der Waals surface area contributed by atoms with E-state index >= 15 is 0 Å². The Bertz CT molecular complexity index is 263. The molecule has 2 nitrogen and oxygen atoms in total. The van der Waals surface area contributed by atoms with E-state index in [1.165, 1.54) is 11.1 Å². The first-order valence-corrected chi connectivity index (χ1v) is 4.69. The third-order valence-corrected chi connectivity index (χ3v) is 2.25. The molecular formula is C10H15O2P. The minimum atomic E-state index is 0.122. The molecule has 0 spiro atoms. The van der Waals surface area contributed by atoms with Gasteiger partial charge in [0.05, 0.1) is 12.7 Å². The average Bonchev–Trinajstić information content (AvgIpc) is 2.18. The van der Waals surface area contributed by atoms with Crippen LogP contribution in [0.4, 0.5) is 0 Å². The van der Waals surface area contributed by atoms with E-state index in [0.29, 0.717) is 6.61 Å². The van der Waals surface area contributed by atoms with Crippen LogP contribution < -0.4 is 0 Å². The number of benzene rings is 1. The summed E-state index contributed by atoms with van der Waals surface area (Å²) >= 11 is 0. The van der Waals surface area contributed by atoms with E-state index in [-0.39, 0.29) is 6.10 Å². The average molecular weight is 198 g/mol. The summed E-state index contributed by atoms with van der Waals surface area (Å²) in [7, 11) is 3.97. The molecule has 1 rings (SSSR count). The van der Waals surface area contributed by atoms with Crippen molar-refractivity contribution in [2.24, 2.45) is 0 Å². The first kappa shape index (κ1) is 10.6. The van der Waals surface area contributed by atoms with Crippen molar-refractivity contribution in [3.05, 3.63) is 35.4 Å². The summed E-state index contributed by atoms with van der Waals surface area (Å²) in [5.41, 5.74) is 2.36. The molecule has 0 saturated carbocycles. The molecule has 2 atom stereocenters. The number of hydrogen-bond acceptors (Lipinski definition) is 2. The van der Waals surface area contributed by atoms with Crippen molar-refractivity contribution in [2.45, 2.75) is 19.6 Å². The fourth-order valence-corrected chi connectivity index (χ4v) is 1.46. The Balaban J connectivity index is 2.90. The Morgan fingerprint density at radius 3 is 2.69 bits per heavy atom. The van der Waals surface area contributed by atoms with Gasteiger partial charge in [0.1, 0.15) is 0 Å². The molecule has 72 valence electrons. The molecule has 0 aliphatic carbocycles. The van der Waals surface area contributed by atoms with Crippen molar-refractivity contribution in [3.8, 4) is 0 Å². The predicted molar refractivity (Wildman–Crippen MR) is 56.4 cm³/mol. The molecule has 0 saturated heterocycles. The maximum atomic E-state index is 5.26. The highest BCUT2D eigenvalue weighted by Gasteiger charge is 2.07. The van der Waals surface area contributed by atoms with Gasteiger partial charge in [-0.3, -0.25) is 0 Å². The Hall–Kier alpha value is -0.430. The van der Waals surface area contributed by atoms with Crippen LogP contribution in [0.2, 0.25) is 0 Å². The fourth-order valence-electron chi connectivity index (χ4n) is 1.28. The van der Waals surface area contributed by atoms with Gasteiger partial charge in [-0.05, 0) is 18.1 Å². The smallest absolute Gasteiger partial charge is 0.0796 e. The lowest BCUT2D eigenvalue weighted by molar-refractivity contribution is 0.118. The second kappa shape index (κ2) is 5.33. The zero-order valence-electron chi connectivity index (χ0n) is 7.99. The quantitative estimate of drug-likeness (QED) is 0.692. The SMILES string of the molecule is COC(C)c1ccccc1COP. The van der Waals surface area contributed by atoms with Crippen LogP contribution in [0.25, 0.3) is 0 Å². The van der Waals surface area contributed by atoms with Gasteiger partial charge in [-0.2, -0.15) is 0 Å². The van der Waals surface area contributed by atoms with Crippen molar-refractivity contribution in [1.29, 1.82) is 0 Å². The molecule has 0 radical (unpaired) electrons. The van der Waals surface area contributed by atoms with Gasteiger partial charge in [-0.25, -0.2) is 0 Å². The van der Waals surface area contributed by atoms with Gasteiger partial charge < -0.3 is 9.26 Å². The van der Waals surface area contributed by atoms with Gasteiger partial charge in [0.2, 0.25) is 0 Å². The Morgan fingerprint density at radius 1 is 1.38 bits per heavy atom.